The van der Waals surface area contributed by atoms with Crippen LogP contribution in [-0.2, 0) is 4.79 Å². The summed E-state index contributed by atoms with van der Waals surface area (Å²) in [7, 11) is 0. The van der Waals surface area contributed by atoms with Crippen molar-refractivity contribution in [1.29, 1.82) is 0 Å². The fourth-order valence-electron chi connectivity index (χ4n) is 3.07. The van der Waals surface area contributed by atoms with Crippen molar-refractivity contribution >= 4 is 33.0 Å². The van der Waals surface area contributed by atoms with E-state index >= 15 is 0 Å². The highest BCUT2D eigenvalue weighted by molar-refractivity contribution is 7.19. The van der Waals surface area contributed by atoms with Crippen molar-refractivity contribution in [3.63, 3.8) is 0 Å². The number of aliphatic hydroxyl groups excluding tert-OH is 1. The van der Waals surface area contributed by atoms with Crippen LogP contribution >= 0.6 is 11.3 Å². The Morgan fingerprint density at radius 3 is 2.55 bits per heavy atom. The van der Waals surface area contributed by atoms with E-state index < -0.39 is 6.10 Å². The van der Waals surface area contributed by atoms with Crippen molar-refractivity contribution in [2.45, 2.75) is 18.6 Å². The van der Waals surface area contributed by atoms with Gasteiger partial charge in [0.1, 0.15) is 0 Å². The van der Waals surface area contributed by atoms with E-state index in [9.17, 15) is 9.90 Å². The maximum Gasteiger partial charge on any atom is 0.230 e. The number of thiophene rings is 1. The molecule has 0 radical (unpaired) electrons. The Labute approximate surface area is 132 Å². The zero-order valence-electron chi connectivity index (χ0n) is 11.8. The molecule has 1 saturated heterocycles. The van der Waals surface area contributed by atoms with Gasteiger partial charge < -0.3 is 10.0 Å². The molecule has 0 bridgehead atoms. The second-order valence-corrected chi connectivity index (χ2v) is 6.62. The summed E-state index contributed by atoms with van der Waals surface area (Å²) in [6.45, 7) is 0. The minimum atomic E-state index is -0.666. The van der Waals surface area contributed by atoms with Gasteiger partial charge in [-0.1, -0.05) is 36.4 Å². The fourth-order valence-corrected chi connectivity index (χ4v) is 4.29. The molecule has 0 unspecified atom stereocenters. The zero-order chi connectivity index (χ0) is 15.1. The van der Waals surface area contributed by atoms with Gasteiger partial charge in [-0.25, -0.2) is 0 Å². The molecule has 4 rings (SSSR count). The first-order valence-corrected chi connectivity index (χ1v) is 8.09. The van der Waals surface area contributed by atoms with Gasteiger partial charge >= 0.3 is 0 Å². The molecule has 1 aliphatic heterocycles. The van der Waals surface area contributed by atoms with Crippen LogP contribution in [0.2, 0.25) is 0 Å². The Morgan fingerprint density at radius 2 is 1.77 bits per heavy atom. The largest absolute Gasteiger partial charge is 0.390 e. The fraction of sp³-hybridized carbons (Fsp3) is 0.167. The molecule has 0 aliphatic carbocycles. The van der Waals surface area contributed by atoms with Crippen molar-refractivity contribution in [3.05, 3.63) is 65.5 Å². The van der Waals surface area contributed by atoms with Gasteiger partial charge in [-0.05, 0) is 29.7 Å². The number of benzene rings is 2. The third-order valence-corrected chi connectivity index (χ3v) is 5.25. The molecule has 4 heteroatoms. The van der Waals surface area contributed by atoms with E-state index in [4.69, 9.17) is 0 Å². The first kappa shape index (κ1) is 13.5. The lowest BCUT2D eigenvalue weighted by atomic mass is 10.1. The predicted molar refractivity (Wildman–Crippen MR) is 89.1 cm³/mol. The quantitative estimate of drug-likeness (QED) is 0.783. The smallest absolute Gasteiger partial charge is 0.230 e. The normalized spacial score (nSPS) is 21.7. The van der Waals surface area contributed by atoms with Crippen molar-refractivity contribution in [1.82, 2.24) is 0 Å². The van der Waals surface area contributed by atoms with E-state index in [0.717, 1.165) is 16.0 Å². The molecule has 0 spiro atoms. The summed E-state index contributed by atoms with van der Waals surface area (Å²) >= 11 is 1.64. The number of amides is 1. The minimum absolute atomic E-state index is 0.0267. The highest BCUT2D eigenvalue weighted by Gasteiger charge is 2.41. The van der Waals surface area contributed by atoms with Gasteiger partial charge in [0.05, 0.1) is 18.6 Å². The van der Waals surface area contributed by atoms with E-state index in [1.807, 2.05) is 42.5 Å². The summed E-state index contributed by atoms with van der Waals surface area (Å²) in [5, 5.41) is 11.6. The number of aliphatic hydroxyl groups is 1. The van der Waals surface area contributed by atoms with Gasteiger partial charge in [0, 0.05) is 15.3 Å². The van der Waals surface area contributed by atoms with Crippen LogP contribution in [0.5, 0.6) is 0 Å². The third kappa shape index (κ3) is 2.12. The first-order chi connectivity index (χ1) is 10.7. The highest BCUT2D eigenvalue weighted by Crippen LogP contribution is 2.41. The van der Waals surface area contributed by atoms with Crippen LogP contribution in [0, 0.1) is 0 Å². The average molecular weight is 309 g/mol. The van der Waals surface area contributed by atoms with E-state index in [1.54, 1.807) is 16.2 Å². The predicted octanol–water partition coefficient (Wildman–Crippen LogP) is 3.74. The van der Waals surface area contributed by atoms with Gasteiger partial charge in [-0.15, -0.1) is 11.3 Å². The minimum Gasteiger partial charge on any atom is -0.390 e. The van der Waals surface area contributed by atoms with Crippen LogP contribution in [0.4, 0.5) is 5.69 Å². The van der Waals surface area contributed by atoms with Crippen LogP contribution in [0.25, 0.3) is 10.1 Å². The standard InChI is InChI=1S/C18H15NO2S/c20-14-11-17(21)19(13-7-2-1-3-8-13)18(14)16-10-12-6-4-5-9-15(12)22-16/h1-10,14,18,20H,11H2/t14-,18+/m0/s1. The molecule has 2 aromatic carbocycles. The molecule has 3 nitrogen and oxygen atoms in total. The summed E-state index contributed by atoms with van der Waals surface area (Å²) in [6, 6.07) is 19.5. The SMILES string of the molecule is O=C1C[C@H](O)[C@H](c2cc3ccccc3s2)N1c1ccccc1. The summed E-state index contributed by atoms with van der Waals surface area (Å²) in [5.41, 5.74) is 0.839. The Bertz CT molecular complexity index is 794. The Kier molecular flexibility index (Phi) is 3.21. The van der Waals surface area contributed by atoms with Crippen molar-refractivity contribution in [2.24, 2.45) is 0 Å². The van der Waals surface area contributed by atoms with E-state index in [1.165, 1.54) is 4.70 Å². The number of hydrogen-bond acceptors (Lipinski definition) is 3. The molecule has 2 atom stereocenters. The lowest BCUT2D eigenvalue weighted by molar-refractivity contribution is -0.117. The number of carbonyl (C=O) groups excluding carboxylic acids is 1. The topological polar surface area (TPSA) is 40.5 Å². The summed E-state index contributed by atoms with van der Waals surface area (Å²) in [5.74, 6) is -0.0267. The maximum absolute atomic E-state index is 12.4. The van der Waals surface area contributed by atoms with Crippen LogP contribution in [0.1, 0.15) is 17.3 Å². The highest BCUT2D eigenvalue weighted by atomic mass is 32.1. The molecule has 2 heterocycles. The maximum atomic E-state index is 12.4. The molecule has 1 aromatic heterocycles. The Hall–Kier alpha value is -2.17. The molecule has 110 valence electrons. The molecular weight excluding hydrogens is 294 g/mol. The van der Waals surface area contributed by atoms with Crippen LogP contribution in [-0.4, -0.2) is 17.1 Å². The number of carbonyl (C=O) groups is 1. The monoisotopic (exact) mass is 309 g/mol. The number of hydrogen-bond donors (Lipinski definition) is 1. The van der Waals surface area contributed by atoms with Crippen molar-refractivity contribution in [3.8, 4) is 0 Å². The van der Waals surface area contributed by atoms with Gasteiger partial charge in [-0.3, -0.25) is 4.79 Å². The number of para-hydroxylation sites is 1. The van der Waals surface area contributed by atoms with E-state index in [0.29, 0.717) is 0 Å². The first-order valence-electron chi connectivity index (χ1n) is 7.28. The van der Waals surface area contributed by atoms with E-state index in [2.05, 4.69) is 18.2 Å². The van der Waals surface area contributed by atoms with Gasteiger partial charge in [-0.2, -0.15) is 0 Å². The van der Waals surface area contributed by atoms with Crippen LogP contribution in [0.15, 0.2) is 60.7 Å². The number of fused-ring (bicyclic) bond motifs is 1. The van der Waals surface area contributed by atoms with E-state index in [-0.39, 0.29) is 18.4 Å². The van der Waals surface area contributed by atoms with Crippen molar-refractivity contribution in [2.75, 3.05) is 4.90 Å². The van der Waals surface area contributed by atoms with Crippen molar-refractivity contribution < 1.29 is 9.90 Å². The third-order valence-electron chi connectivity index (χ3n) is 4.07. The Morgan fingerprint density at radius 1 is 1.05 bits per heavy atom. The van der Waals surface area contributed by atoms with Gasteiger partial charge in [0.15, 0.2) is 0 Å². The van der Waals surface area contributed by atoms with Crippen LogP contribution in [0.3, 0.4) is 0 Å². The lowest BCUT2D eigenvalue weighted by Gasteiger charge is -2.25. The molecule has 1 amide bonds. The average Bonchev–Trinajstić information content (AvgIpc) is 3.08. The molecule has 1 N–H and O–H groups in total. The van der Waals surface area contributed by atoms with Gasteiger partial charge in [0.25, 0.3) is 0 Å². The lowest BCUT2D eigenvalue weighted by Crippen LogP contribution is -2.29. The summed E-state index contributed by atoms with van der Waals surface area (Å²) in [4.78, 5) is 15.1. The molecule has 3 aromatic rings. The Balaban J connectivity index is 1.82. The number of rotatable bonds is 2. The molecular formula is C18H15NO2S. The summed E-state index contributed by atoms with van der Waals surface area (Å²) < 4.78 is 1.18. The summed E-state index contributed by atoms with van der Waals surface area (Å²) in [6.07, 6.45) is -0.492. The number of nitrogens with zero attached hydrogens (tertiary/aromatic N) is 1. The second-order valence-electron chi connectivity index (χ2n) is 5.50. The van der Waals surface area contributed by atoms with Gasteiger partial charge in [0.2, 0.25) is 5.91 Å². The molecule has 1 aliphatic rings. The number of anilines is 1. The second kappa shape index (κ2) is 5.23. The van der Waals surface area contributed by atoms with Crippen LogP contribution < -0.4 is 4.90 Å². The molecule has 1 fully saturated rings. The molecule has 0 saturated carbocycles. The zero-order valence-corrected chi connectivity index (χ0v) is 12.7. The molecule has 22 heavy (non-hydrogen) atoms.